The van der Waals surface area contributed by atoms with E-state index >= 15 is 0 Å². The summed E-state index contributed by atoms with van der Waals surface area (Å²) in [6, 6.07) is -1.22. The van der Waals surface area contributed by atoms with Crippen molar-refractivity contribution >= 4 is 23.7 Å². The molecule has 0 aromatic rings. The third-order valence-corrected chi connectivity index (χ3v) is 9.11. The summed E-state index contributed by atoms with van der Waals surface area (Å²) >= 11 is 0. The highest BCUT2D eigenvalue weighted by atomic mass is 16.5. The average molecular weight is 686 g/mol. The fourth-order valence-electron chi connectivity index (χ4n) is 6.14. The Bertz CT molecular complexity index is 891. The number of carboxylic acids is 1. The van der Waals surface area contributed by atoms with E-state index in [1.807, 2.05) is 0 Å². The average Bonchev–Trinajstić information content (AvgIpc) is 3.07. The normalized spacial score (nSPS) is 20.7. The van der Waals surface area contributed by atoms with Gasteiger partial charge in [0.05, 0.1) is 19.6 Å². The Hall–Kier alpha value is -2.28. The number of aliphatic hydroxyl groups excluding tert-OH is 3. The molecule has 0 bridgehead atoms. The first-order valence-corrected chi connectivity index (χ1v) is 18.9. The lowest BCUT2D eigenvalue weighted by molar-refractivity contribution is -0.231. The van der Waals surface area contributed by atoms with Crippen molar-refractivity contribution < 1.29 is 44.3 Å². The van der Waals surface area contributed by atoms with Crippen LogP contribution in [0.4, 0.5) is 0 Å². The van der Waals surface area contributed by atoms with Gasteiger partial charge in [-0.25, -0.2) is 0 Å². The Morgan fingerprint density at radius 2 is 1.15 bits per heavy atom. The zero-order valence-corrected chi connectivity index (χ0v) is 29.8. The van der Waals surface area contributed by atoms with Gasteiger partial charge >= 0.3 is 5.97 Å². The summed E-state index contributed by atoms with van der Waals surface area (Å²) in [7, 11) is 0. The molecular weight excluding hydrogens is 618 g/mol. The van der Waals surface area contributed by atoms with Crippen molar-refractivity contribution in [2.75, 3.05) is 19.7 Å². The predicted molar refractivity (Wildman–Crippen MR) is 185 cm³/mol. The van der Waals surface area contributed by atoms with E-state index in [-0.39, 0.29) is 25.2 Å². The van der Waals surface area contributed by atoms with Gasteiger partial charge in [0.1, 0.15) is 24.4 Å². The van der Waals surface area contributed by atoms with Gasteiger partial charge in [0.2, 0.25) is 17.7 Å². The minimum absolute atomic E-state index is 0.180. The number of aliphatic hydroxyl groups is 3. The van der Waals surface area contributed by atoms with E-state index in [4.69, 9.17) is 9.84 Å². The van der Waals surface area contributed by atoms with Crippen molar-refractivity contribution in [3.63, 3.8) is 0 Å². The number of amides is 3. The van der Waals surface area contributed by atoms with Gasteiger partial charge in [-0.3, -0.25) is 19.2 Å². The molecule has 12 heteroatoms. The number of hydrogen-bond donors (Lipinski definition) is 6. The zero-order chi connectivity index (χ0) is 35.6. The molecule has 0 unspecified atom stereocenters. The molecule has 1 aliphatic rings. The first kappa shape index (κ1) is 43.7. The zero-order valence-electron chi connectivity index (χ0n) is 29.8. The molecule has 1 aliphatic heterocycles. The number of nitrogens with zero attached hydrogens (tertiary/aromatic N) is 1. The van der Waals surface area contributed by atoms with Gasteiger partial charge in [-0.1, -0.05) is 123 Å². The molecule has 1 heterocycles. The fraction of sp³-hybridized carbons (Fsp3) is 0.889. The molecule has 6 N–H and O–H groups in total. The monoisotopic (exact) mass is 685 g/mol. The summed E-state index contributed by atoms with van der Waals surface area (Å²) < 4.78 is 6.02. The number of rotatable bonds is 29. The van der Waals surface area contributed by atoms with Crippen LogP contribution >= 0.6 is 0 Å². The van der Waals surface area contributed by atoms with Crippen LogP contribution in [0.2, 0.25) is 0 Å². The third kappa shape index (κ3) is 19.0. The molecule has 0 aromatic carbocycles. The summed E-state index contributed by atoms with van der Waals surface area (Å²) in [6.07, 6.45) is 15.4. The van der Waals surface area contributed by atoms with Crippen molar-refractivity contribution in [1.82, 2.24) is 15.5 Å². The predicted octanol–water partition coefficient (Wildman–Crippen LogP) is 4.56. The highest BCUT2D eigenvalue weighted by Crippen LogP contribution is 2.26. The molecule has 0 spiro atoms. The minimum atomic E-state index is -1.55. The van der Waals surface area contributed by atoms with E-state index in [1.54, 1.807) is 0 Å². The first-order chi connectivity index (χ1) is 23.2. The Morgan fingerprint density at radius 3 is 1.65 bits per heavy atom. The molecule has 0 radical (unpaired) electrons. The maximum absolute atomic E-state index is 13.7. The largest absolute Gasteiger partial charge is 0.481 e. The Labute approximate surface area is 288 Å². The number of aliphatic carboxylic acids is 1. The van der Waals surface area contributed by atoms with Gasteiger partial charge in [-0.05, 0) is 12.8 Å². The number of hydrogen-bond acceptors (Lipinski definition) is 8. The van der Waals surface area contributed by atoms with Gasteiger partial charge in [-0.15, -0.1) is 0 Å². The molecule has 5 atom stereocenters. The van der Waals surface area contributed by atoms with Crippen molar-refractivity contribution in [2.45, 2.75) is 186 Å². The lowest BCUT2D eigenvalue weighted by atomic mass is 9.94. The van der Waals surface area contributed by atoms with Gasteiger partial charge in [0, 0.05) is 19.4 Å². The third-order valence-electron chi connectivity index (χ3n) is 9.11. The molecule has 1 rings (SSSR count). The number of unbranched alkanes of at least 4 members (excludes halogenated alkanes) is 17. The number of carbonyl (C=O) groups excluding carboxylic acids is 3. The maximum Gasteiger partial charge on any atom is 0.303 e. The van der Waals surface area contributed by atoms with Crippen LogP contribution in [0.1, 0.15) is 155 Å². The SMILES string of the molecule is CCCCCCCCCCCCN(C(=O)CCCCCCCCCCC)[C@@H]1O[C@H](CO)[C@H](O)[C@H](O)[C@H]1NC(=O)CNC(=O)CCC(=O)O. The lowest BCUT2D eigenvalue weighted by Crippen LogP contribution is -2.69. The van der Waals surface area contributed by atoms with Crippen LogP contribution in [-0.4, -0.2) is 99.3 Å². The van der Waals surface area contributed by atoms with Crippen LogP contribution in [0.25, 0.3) is 0 Å². The van der Waals surface area contributed by atoms with E-state index in [0.717, 1.165) is 38.5 Å². The molecule has 0 aromatic heterocycles. The molecule has 0 saturated carbocycles. The quantitative estimate of drug-likeness (QED) is 0.0614. The standard InChI is InChI=1S/C36H67N3O9/c1-3-5-7-9-11-13-15-17-19-21-25-39(31(43)22-20-18-16-14-12-10-8-6-4-2)36-33(35(47)34(46)28(27-40)48-36)38-30(42)26-37-29(41)23-24-32(44)45/h28,33-36,40,46-47H,3-27H2,1-2H3,(H,37,41)(H,38,42)(H,44,45)/t28-,33-,34+,35-,36-/m1/s1. The van der Waals surface area contributed by atoms with Crippen LogP contribution in [0.15, 0.2) is 0 Å². The molecular formula is C36H67N3O9. The molecule has 12 nitrogen and oxygen atoms in total. The van der Waals surface area contributed by atoms with Crippen molar-refractivity contribution in [2.24, 2.45) is 0 Å². The van der Waals surface area contributed by atoms with Gasteiger partial charge in [0.15, 0.2) is 6.23 Å². The van der Waals surface area contributed by atoms with Crippen LogP contribution in [0.3, 0.4) is 0 Å². The second-order valence-electron chi connectivity index (χ2n) is 13.3. The molecule has 1 fully saturated rings. The van der Waals surface area contributed by atoms with Crippen LogP contribution in [-0.2, 0) is 23.9 Å². The molecule has 280 valence electrons. The lowest BCUT2D eigenvalue weighted by Gasteiger charge is -2.47. The smallest absolute Gasteiger partial charge is 0.303 e. The summed E-state index contributed by atoms with van der Waals surface area (Å²) in [6.45, 7) is 3.66. The maximum atomic E-state index is 13.7. The highest BCUT2D eigenvalue weighted by molar-refractivity contribution is 5.86. The molecule has 3 amide bonds. The summed E-state index contributed by atoms with van der Waals surface area (Å²) in [5.41, 5.74) is 0. The van der Waals surface area contributed by atoms with Crippen molar-refractivity contribution in [1.29, 1.82) is 0 Å². The van der Waals surface area contributed by atoms with Gasteiger partial charge < -0.3 is 40.7 Å². The summed E-state index contributed by atoms with van der Waals surface area (Å²) in [5.74, 6) is -2.64. The van der Waals surface area contributed by atoms with E-state index in [2.05, 4.69) is 24.5 Å². The van der Waals surface area contributed by atoms with E-state index in [0.29, 0.717) is 19.4 Å². The Balaban J connectivity index is 2.89. The molecule has 48 heavy (non-hydrogen) atoms. The van der Waals surface area contributed by atoms with Crippen LogP contribution in [0.5, 0.6) is 0 Å². The second-order valence-corrected chi connectivity index (χ2v) is 13.3. The number of nitrogens with one attached hydrogen (secondary N) is 2. The van der Waals surface area contributed by atoms with Crippen molar-refractivity contribution in [3.05, 3.63) is 0 Å². The number of carboxylic acid groups (broad SMARTS) is 1. The molecule has 0 aliphatic carbocycles. The van der Waals surface area contributed by atoms with Crippen LogP contribution < -0.4 is 10.6 Å². The molecule has 1 saturated heterocycles. The van der Waals surface area contributed by atoms with Gasteiger partial charge in [-0.2, -0.15) is 0 Å². The summed E-state index contributed by atoms with van der Waals surface area (Å²) in [5, 5.41) is 45.4. The number of ether oxygens (including phenoxy) is 1. The minimum Gasteiger partial charge on any atom is -0.481 e. The van der Waals surface area contributed by atoms with E-state index in [1.165, 1.54) is 75.5 Å². The second kappa shape index (κ2) is 27.5. The fourth-order valence-corrected chi connectivity index (χ4v) is 6.14. The highest BCUT2D eigenvalue weighted by Gasteiger charge is 2.48. The van der Waals surface area contributed by atoms with Crippen LogP contribution in [0, 0.1) is 0 Å². The van der Waals surface area contributed by atoms with Gasteiger partial charge in [0.25, 0.3) is 0 Å². The van der Waals surface area contributed by atoms with Crippen molar-refractivity contribution in [3.8, 4) is 0 Å². The van der Waals surface area contributed by atoms with E-state index < -0.39 is 61.5 Å². The Kier molecular flexibility index (Phi) is 25.1. The number of carbonyl (C=O) groups is 4. The first-order valence-electron chi connectivity index (χ1n) is 18.9. The summed E-state index contributed by atoms with van der Waals surface area (Å²) in [4.78, 5) is 50.8. The van der Waals surface area contributed by atoms with E-state index in [9.17, 15) is 34.5 Å². The topological polar surface area (TPSA) is 186 Å². The Morgan fingerprint density at radius 1 is 0.646 bits per heavy atom.